The second kappa shape index (κ2) is 6.00. The lowest BCUT2D eigenvalue weighted by Gasteiger charge is -2.10. The Hall–Kier alpha value is -1.67. The fourth-order valence-electron chi connectivity index (χ4n) is 2.36. The SMILES string of the molecule is CC(C)(C)c1nc(CSc2nnc(-c3cccs3)n2C2CC2)no1. The highest BCUT2D eigenvalue weighted by Gasteiger charge is 2.30. The van der Waals surface area contributed by atoms with Crippen molar-refractivity contribution in [3.63, 3.8) is 0 Å². The topological polar surface area (TPSA) is 69.6 Å². The van der Waals surface area contributed by atoms with Crippen LogP contribution in [0.5, 0.6) is 0 Å². The highest BCUT2D eigenvalue weighted by Crippen LogP contribution is 2.42. The molecule has 0 aromatic carbocycles. The Kier molecular flexibility index (Phi) is 3.96. The third-order valence-corrected chi connectivity index (χ3v) is 5.56. The van der Waals surface area contributed by atoms with E-state index in [0.717, 1.165) is 15.9 Å². The van der Waals surface area contributed by atoms with Crippen LogP contribution in [0.1, 0.15) is 51.4 Å². The van der Waals surface area contributed by atoms with Gasteiger partial charge in [-0.2, -0.15) is 4.98 Å². The van der Waals surface area contributed by atoms with Gasteiger partial charge in [-0.1, -0.05) is 43.8 Å². The molecule has 8 heteroatoms. The zero-order valence-corrected chi connectivity index (χ0v) is 15.5. The van der Waals surface area contributed by atoms with E-state index < -0.39 is 0 Å². The Morgan fingerprint density at radius 3 is 2.79 bits per heavy atom. The molecule has 3 aromatic rings. The molecule has 24 heavy (non-hydrogen) atoms. The van der Waals surface area contributed by atoms with Crippen LogP contribution in [-0.2, 0) is 11.2 Å². The largest absolute Gasteiger partial charge is 0.339 e. The van der Waals surface area contributed by atoms with Crippen molar-refractivity contribution in [1.82, 2.24) is 24.9 Å². The van der Waals surface area contributed by atoms with Crippen LogP contribution in [0.15, 0.2) is 27.2 Å². The first-order valence-electron chi connectivity index (χ1n) is 7.97. The van der Waals surface area contributed by atoms with Gasteiger partial charge in [-0.3, -0.25) is 4.57 Å². The number of thioether (sulfide) groups is 1. The molecule has 1 aliphatic carbocycles. The third-order valence-electron chi connectivity index (χ3n) is 3.76. The van der Waals surface area contributed by atoms with Gasteiger partial charge in [0.05, 0.1) is 10.6 Å². The molecule has 0 amide bonds. The van der Waals surface area contributed by atoms with Gasteiger partial charge in [0, 0.05) is 11.5 Å². The first kappa shape index (κ1) is 15.8. The highest BCUT2D eigenvalue weighted by atomic mass is 32.2. The van der Waals surface area contributed by atoms with Gasteiger partial charge >= 0.3 is 0 Å². The number of nitrogens with zero attached hydrogens (tertiary/aromatic N) is 5. The van der Waals surface area contributed by atoms with Crippen molar-refractivity contribution < 1.29 is 4.52 Å². The Balaban J connectivity index is 1.54. The fourth-order valence-corrected chi connectivity index (χ4v) is 3.91. The van der Waals surface area contributed by atoms with E-state index in [2.05, 4.69) is 57.1 Å². The summed E-state index contributed by atoms with van der Waals surface area (Å²) in [6.45, 7) is 6.19. The van der Waals surface area contributed by atoms with E-state index in [4.69, 9.17) is 4.52 Å². The predicted molar refractivity (Wildman–Crippen MR) is 94.2 cm³/mol. The lowest BCUT2D eigenvalue weighted by molar-refractivity contribution is 0.319. The lowest BCUT2D eigenvalue weighted by Crippen LogP contribution is -2.11. The van der Waals surface area contributed by atoms with Crippen molar-refractivity contribution in [2.24, 2.45) is 0 Å². The molecule has 0 N–H and O–H groups in total. The summed E-state index contributed by atoms with van der Waals surface area (Å²) < 4.78 is 7.62. The smallest absolute Gasteiger partial charge is 0.232 e. The molecule has 6 nitrogen and oxygen atoms in total. The van der Waals surface area contributed by atoms with Crippen LogP contribution in [0, 0.1) is 0 Å². The Morgan fingerprint density at radius 2 is 2.17 bits per heavy atom. The van der Waals surface area contributed by atoms with Crippen molar-refractivity contribution in [2.45, 2.75) is 56.0 Å². The molecule has 0 bridgehead atoms. The fraction of sp³-hybridized carbons (Fsp3) is 0.500. The van der Waals surface area contributed by atoms with Crippen molar-refractivity contribution in [1.29, 1.82) is 0 Å². The van der Waals surface area contributed by atoms with Crippen molar-refractivity contribution >= 4 is 23.1 Å². The van der Waals surface area contributed by atoms with Crippen LogP contribution in [-0.4, -0.2) is 24.9 Å². The first-order valence-corrected chi connectivity index (χ1v) is 9.83. The Labute approximate surface area is 148 Å². The average molecular weight is 361 g/mol. The minimum absolute atomic E-state index is 0.129. The molecule has 4 rings (SSSR count). The summed E-state index contributed by atoms with van der Waals surface area (Å²) in [5.74, 6) is 2.97. The normalized spacial score (nSPS) is 15.1. The molecule has 0 radical (unpaired) electrons. The summed E-state index contributed by atoms with van der Waals surface area (Å²) in [4.78, 5) is 5.65. The van der Waals surface area contributed by atoms with Gasteiger partial charge in [0.15, 0.2) is 16.8 Å². The van der Waals surface area contributed by atoms with Gasteiger partial charge < -0.3 is 4.52 Å². The summed E-state index contributed by atoms with van der Waals surface area (Å²) in [6.07, 6.45) is 2.39. The molecule has 126 valence electrons. The molecule has 3 aromatic heterocycles. The molecule has 0 atom stereocenters. The maximum absolute atomic E-state index is 5.36. The number of aromatic nitrogens is 5. The molecule has 1 aliphatic rings. The van der Waals surface area contributed by atoms with Crippen molar-refractivity contribution in [3.8, 4) is 10.7 Å². The zero-order valence-electron chi connectivity index (χ0n) is 13.9. The first-order chi connectivity index (χ1) is 11.5. The summed E-state index contributed by atoms with van der Waals surface area (Å²) >= 11 is 3.32. The van der Waals surface area contributed by atoms with Crippen molar-refractivity contribution in [3.05, 3.63) is 29.2 Å². The van der Waals surface area contributed by atoms with E-state index in [1.54, 1.807) is 23.1 Å². The molecule has 1 fully saturated rings. The molecule has 0 spiro atoms. The van der Waals surface area contributed by atoms with E-state index in [-0.39, 0.29) is 5.41 Å². The average Bonchev–Trinajstić information content (AvgIpc) is 3.00. The Bertz CT molecular complexity index is 827. The monoisotopic (exact) mass is 361 g/mol. The molecule has 3 heterocycles. The van der Waals surface area contributed by atoms with E-state index in [1.807, 2.05) is 6.07 Å². The van der Waals surface area contributed by atoms with E-state index in [1.165, 1.54) is 12.8 Å². The maximum Gasteiger partial charge on any atom is 0.232 e. The van der Waals surface area contributed by atoms with Crippen LogP contribution in [0.2, 0.25) is 0 Å². The van der Waals surface area contributed by atoms with E-state index in [9.17, 15) is 0 Å². The number of hydrogen-bond donors (Lipinski definition) is 0. The highest BCUT2D eigenvalue weighted by molar-refractivity contribution is 7.98. The number of thiophene rings is 1. The molecular formula is C16H19N5OS2. The molecule has 1 saturated carbocycles. The number of rotatable bonds is 5. The maximum atomic E-state index is 5.36. The lowest BCUT2D eigenvalue weighted by atomic mass is 9.97. The van der Waals surface area contributed by atoms with Crippen LogP contribution in [0.4, 0.5) is 0 Å². The van der Waals surface area contributed by atoms with Gasteiger partial charge in [-0.05, 0) is 24.3 Å². The van der Waals surface area contributed by atoms with Gasteiger partial charge in [-0.15, -0.1) is 21.5 Å². The van der Waals surface area contributed by atoms with Gasteiger partial charge in [0.2, 0.25) is 5.89 Å². The van der Waals surface area contributed by atoms with Gasteiger partial charge in [0.25, 0.3) is 0 Å². The van der Waals surface area contributed by atoms with Crippen LogP contribution < -0.4 is 0 Å². The summed E-state index contributed by atoms with van der Waals surface area (Å²) in [7, 11) is 0. The van der Waals surface area contributed by atoms with Gasteiger partial charge in [-0.25, -0.2) is 0 Å². The predicted octanol–water partition coefficient (Wildman–Crippen LogP) is 4.31. The van der Waals surface area contributed by atoms with Crippen LogP contribution in [0.3, 0.4) is 0 Å². The standard InChI is InChI=1S/C16H19N5OS2/c1-16(2,3)14-17-12(20-22-14)9-24-15-19-18-13(11-5-4-8-23-11)21(15)10-6-7-10/h4-5,8,10H,6-7,9H2,1-3H3. The summed E-state index contributed by atoms with van der Waals surface area (Å²) in [6, 6.07) is 4.66. The molecular weight excluding hydrogens is 342 g/mol. The zero-order chi connectivity index (χ0) is 16.7. The minimum atomic E-state index is -0.129. The molecule has 0 unspecified atom stereocenters. The molecule has 0 saturated heterocycles. The number of hydrogen-bond acceptors (Lipinski definition) is 7. The molecule has 0 aliphatic heterocycles. The van der Waals surface area contributed by atoms with E-state index >= 15 is 0 Å². The second-order valence-electron chi connectivity index (χ2n) is 6.94. The van der Waals surface area contributed by atoms with Crippen LogP contribution >= 0.6 is 23.1 Å². The van der Waals surface area contributed by atoms with Gasteiger partial charge in [0.1, 0.15) is 0 Å². The van der Waals surface area contributed by atoms with Crippen molar-refractivity contribution in [2.75, 3.05) is 0 Å². The third kappa shape index (κ3) is 3.12. The minimum Gasteiger partial charge on any atom is -0.339 e. The summed E-state index contributed by atoms with van der Waals surface area (Å²) in [5.41, 5.74) is -0.129. The summed E-state index contributed by atoms with van der Waals surface area (Å²) in [5, 5.41) is 15.9. The van der Waals surface area contributed by atoms with Crippen LogP contribution in [0.25, 0.3) is 10.7 Å². The van der Waals surface area contributed by atoms with E-state index in [0.29, 0.717) is 23.5 Å². The second-order valence-corrected chi connectivity index (χ2v) is 8.83. The quantitative estimate of drug-likeness (QED) is 0.631. The Morgan fingerprint density at radius 1 is 1.33 bits per heavy atom.